The molecule has 0 fully saturated rings. The van der Waals surface area contributed by atoms with Gasteiger partial charge in [-0.1, -0.05) is 30.3 Å². The Morgan fingerprint density at radius 2 is 2.00 bits per heavy atom. The number of fused-ring (bicyclic) bond motifs is 1. The van der Waals surface area contributed by atoms with Gasteiger partial charge >= 0.3 is 0 Å². The van der Waals surface area contributed by atoms with Gasteiger partial charge in [-0.3, -0.25) is 0 Å². The lowest BCUT2D eigenvalue weighted by atomic mass is 10.1. The fourth-order valence-corrected chi connectivity index (χ4v) is 1.84. The summed E-state index contributed by atoms with van der Waals surface area (Å²) in [7, 11) is 0. The van der Waals surface area contributed by atoms with E-state index in [-0.39, 0.29) is 0 Å². The molecule has 0 aliphatic rings. The second-order valence-corrected chi connectivity index (χ2v) is 3.77. The highest BCUT2D eigenvalue weighted by atomic mass is 15.5. The standard InChI is InChI=1S/C12H8N6/c1-8-14-11(9-5-3-2-4-6-9)10(7-13)12-15-16-17-18(8)12/h2-6H,1H3. The zero-order valence-electron chi connectivity index (χ0n) is 9.57. The lowest BCUT2D eigenvalue weighted by molar-refractivity contribution is 0.782. The Bertz CT molecular complexity index is 753. The second kappa shape index (κ2) is 3.89. The Balaban J connectivity index is 2.40. The molecular weight excluding hydrogens is 228 g/mol. The van der Waals surface area contributed by atoms with Crippen LogP contribution in [-0.2, 0) is 0 Å². The Morgan fingerprint density at radius 1 is 1.22 bits per heavy atom. The maximum absolute atomic E-state index is 9.29. The van der Waals surface area contributed by atoms with Crippen LogP contribution in [0.4, 0.5) is 0 Å². The maximum Gasteiger partial charge on any atom is 0.201 e. The molecule has 3 rings (SSSR count). The van der Waals surface area contributed by atoms with Crippen molar-refractivity contribution in [2.24, 2.45) is 0 Å². The van der Waals surface area contributed by atoms with E-state index in [1.807, 2.05) is 30.3 Å². The van der Waals surface area contributed by atoms with Crippen LogP contribution in [0.25, 0.3) is 16.9 Å². The molecule has 0 atom stereocenters. The summed E-state index contributed by atoms with van der Waals surface area (Å²) in [6.07, 6.45) is 0. The van der Waals surface area contributed by atoms with Crippen molar-refractivity contribution in [2.45, 2.75) is 6.92 Å². The first-order valence-electron chi connectivity index (χ1n) is 5.35. The molecule has 3 aromatic rings. The SMILES string of the molecule is Cc1nc(-c2ccccc2)c(C#N)c2nnnn12. The molecule has 2 aromatic heterocycles. The number of nitriles is 1. The van der Waals surface area contributed by atoms with Crippen LogP contribution in [-0.4, -0.2) is 25.0 Å². The minimum absolute atomic E-state index is 0.386. The van der Waals surface area contributed by atoms with Crippen molar-refractivity contribution in [3.05, 3.63) is 41.7 Å². The summed E-state index contributed by atoms with van der Waals surface area (Å²) in [6, 6.07) is 11.7. The Hall–Kier alpha value is -2.81. The summed E-state index contributed by atoms with van der Waals surface area (Å²) in [4.78, 5) is 4.41. The lowest BCUT2D eigenvalue weighted by Gasteiger charge is -2.05. The fourth-order valence-electron chi connectivity index (χ4n) is 1.84. The molecule has 0 bridgehead atoms. The van der Waals surface area contributed by atoms with Crippen molar-refractivity contribution < 1.29 is 0 Å². The Morgan fingerprint density at radius 3 is 2.72 bits per heavy atom. The molecule has 86 valence electrons. The zero-order valence-corrected chi connectivity index (χ0v) is 9.57. The highest BCUT2D eigenvalue weighted by Crippen LogP contribution is 2.23. The molecule has 0 amide bonds. The van der Waals surface area contributed by atoms with Gasteiger partial charge in [0.2, 0.25) is 5.65 Å². The molecule has 6 heteroatoms. The molecule has 6 nitrogen and oxygen atoms in total. The van der Waals surface area contributed by atoms with Crippen LogP contribution in [0.3, 0.4) is 0 Å². The summed E-state index contributed by atoms with van der Waals surface area (Å²) in [5, 5.41) is 20.5. The first-order valence-corrected chi connectivity index (χ1v) is 5.35. The molecule has 18 heavy (non-hydrogen) atoms. The number of hydrogen-bond acceptors (Lipinski definition) is 5. The van der Waals surface area contributed by atoms with Gasteiger partial charge in [0.05, 0.1) is 5.69 Å². The summed E-state index contributed by atoms with van der Waals surface area (Å²) >= 11 is 0. The smallest absolute Gasteiger partial charge is 0.201 e. The second-order valence-electron chi connectivity index (χ2n) is 3.77. The van der Waals surface area contributed by atoms with Crippen molar-refractivity contribution >= 4 is 5.65 Å². The molecule has 2 heterocycles. The highest BCUT2D eigenvalue weighted by Gasteiger charge is 2.15. The first kappa shape index (κ1) is 10.4. The average Bonchev–Trinajstić information content (AvgIpc) is 2.89. The van der Waals surface area contributed by atoms with Crippen LogP contribution in [0, 0.1) is 18.3 Å². The fraction of sp³-hybridized carbons (Fsp3) is 0.0833. The lowest BCUT2D eigenvalue weighted by Crippen LogP contribution is -2.03. The van der Waals surface area contributed by atoms with Gasteiger partial charge < -0.3 is 0 Å². The van der Waals surface area contributed by atoms with E-state index in [2.05, 4.69) is 26.6 Å². The molecule has 0 radical (unpaired) electrons. The van der Waals surface area contributed by atoms with Gasteiger partial charge in [-0.15, -0.1) is 5.10 Å². The third kappa shape index (κ3) is 1.42. The van der Waals surface area contributed by atoms with Gasteiger partial charge in [-0.2, -0.15) is 9.78 Å². The van der Waals surface area contributed by atoms with E-state index in [0.717, 1.165) is 5.56 Å². The third-order valence-electron chi connectivity index (χ3n) is 2.67. The van der Waals surface area contributed by atoms with Crippen LogP contribution in [0.1, 0.15) is 11.4 Å². The maximum atomic E-state index is 9.29. The molecule has 0 aliphatic carbocycles. The monoisotopic (exact) mass is 236 g/mol. The van der Waals surface area contributed by atoms with E-state index in [1.54, 1.807) is 6.92 Å². The average molecular weight is 236 g/mol. The van der Waals surface area contributed by atoms with E-state index >= 15 is 0 Å². The number of benzene rings is 1. The van der Waals surface area contributed by atoms with Crippen LogP contribution < -0.4 is 0 Å². The van der Waals surface area contributed by atoms with Crippen LogP contribution in [0.15, 0.2) is 30.3 Å². The quantitative estimate of drug-likeness (QED) is 0.637. The summed E-state index contributed by atoms with van der Waals surface area (Å²) in [5.41, 5.74) is 2.31. The summed E-state index contributed by atoms with van der Waals surface area (Å²) in [6.45, 7) is 1.80. The number of aromatic nitrogens is 5. The topological polar surface area (TPSA) is 79.8 Å². The normalized spacial score (nSPS) is 10.4. The molecule has 1 aromatic carbocycles. The van der Waals surface area contributed by atoms with Gasteiger partial charge in [-0.05, 0) is 17.4 Å². The van der Waals surface area contributed by atoms with Crippen molar-refractivity contribution in [3.8, 4) is 17.3 Å². The Kier molecular flexibility index (Phi) is 2.24. The highest BCUT2D eigenvalue weighted by molar-refractivity contribution is 5.73. The van der Waals surface area contributed by atoms with Crippen molar-refractivity contribution in [1.29, 1.82) is 5.26 Å². The summed E-state index contributed by atoms with van der Waals surface area (Å²) in [5.74, 6) is 0.646. The van der Waals surface area contributed by atoms with E-state index < -0.39 is 0 Å². The van der Waals surface area contributed by atoms with Gasteiger partial charge in [0, 0.05) is 5.56 Å². The predicted octanol–water partition coefficient (Wildman–Crippen LogP) is 1.37. The molecular formula is C12H8N6. The van der Waals surface area contributed by atoms with Crippen molar-refractivity contribution in [2.75, 3.05) is 0 Å². The number of hydrogen-bond donors (Lipinski definition) is 0. The van der Waals surface area contributed by atoms with Crippen LogP contribution in [0.5, 0.6) is 0 Å². The van der Waals surface area contributed by atoms with E-state index in [1.165, 1.54) is 4.52 Å². The molecule has 0 N–H and O–H groups in total. The van der Waals surface area contributed by atoms with Gasteiger partial charge in [-0.25, -0.2) is 4.98 Å². The van der Waals surface area contributed by atoms with Gasteiger partial charge in [0.1, 0.15) is 17.5 Å². The van der Waals surface area contributed by atoms with Crippen molar-refractivity contribution in [3.63, 3.8) is 0 Å². The zero-order chi connectivity index (χ0) is 12.5. The molecule has 0 saturated heterocycles. The minimum atomic E-state index is 0.386. The number of nitrogens with zero attached hydrogens (tertiary/aromatic N) is 6. The van der Waals surface area contributed by atoms with E-state index in [0.29, 0.717) is 22.7 Å². The van der Waals surface area contributed by atoms with E-state index in [9.17, 15) is 5.26 Å². The number of tetrazole rings is 1. The number of rotatable bonds is 1. The van der Waals surface area contributed by atoms with Crippen LogP contribution >= 0.6 is 0 Å². The van der Waals surface area contributed by atoms with Crippen LogP contribution in [0.2, 0.25) is 0 Å². The molecule has 0 saturated carbocycles. The molecule has 0 spiro atoms. The summed E-state index contributed by atoms with van der Waals surface area (Å²) < 4.78 is 1.46. The van der Waals surface area contributed by atoms with Crippen molar-refractivity contribution in [1.82, 2.24) is 25.0 Å². The predicted molar refractivity (Wildman–Crippen MR) is 63.5 cm³/mol. The van der Waals surface area contributed by atoms with Gasteiger partial charge in [0.15, 0.2) is 0 Å². The third-order valence-corrected chi connectivity index (χ3v) is 2.67. The Labute approximate surface area is 103 Å². The minimum Gasteiger partial charge on any atom is -0.232 e. The van der Waals surface area contributed by atoms with E-state index in [4.69, 9.17) is 0 Å². The van der Waals surface area contributed by atoms with Gasteiger partial charge in [0.25, 0.3) is 0 Å². The largest absolute Gasteiger partial charge is 0.232 e. The number of aryl methyl sites for hydroxylation is 1. The molecule has 0 aliphatic heterocycles. The first-order chi connectivity index (χ1) is 8.81. The molecule has 0 unspecified atom stereocenters.